The summed E-state index contributed by atoms with van der Waals surface area (Å²) < 4.78 is 0. The monoisotopic (exact) mass is 271 g/mol. The van der Waals surface area contributed by atoms with Gasteiger partial charge in [-0.05, 0) is 25.5 Å². The van der Waals surface area contributed by atoms with E-state index in [2.05, 4.69) is 5.32 Å². The zero-order valence-corrected chi connectivity index (χ0v) is 10.6. The summed E-state index contributed by atoms with van der Waals surface area (Å²) >= 11 is 5.55. The van der Waals surface area contributed by atoms with Crippen LogP contribution in [0.25, 0.3) is 0 Å². The largest absolute Gasteiger partial charge is 0.324 e. The molecule has 7 heteroatoms. The molecule has 1 aromatic rings. The molecular formula is C11H14ClN3O3. The van der Waals surface area contributed by atoms with E-state index in [1.165, 1.54) is 24.3 Å². The summed E-state index contributed by atoms with van der Waals surface area (Å²) in [6.45, 7) is 1.58. The number of halogens is 1. The minimum atomic E-state index is -1.07. The third-order valence-electron chi connectivity index (χ3n) is 2.47. The van der Waals surface area contributed by atoms with Gasteiger partial charge in [0.1, 0.15) is 0 Å². The average Bonchev–Trinajstić information content (AvgIpc) is 2.29. The van der Waals surface area contributed by atoms with Crippen LogP contribution in [0.4, 0.5) is 11.4 Å². The molecule has 98 valence electrons. The van der Waals surface area contributed by atoms with Gasteiger partial charge >= 0.3 is 0 Å². The Morgan fingerprint density at radius 2 is 2.06 bits per heavy atom. The fourth-order valence-electron chi connectivity index (χ4n) is 1.25. The van der Waals surface area contributed by atoms with Gasteiger partial charge in [-0.2, -0.15) is 0 Å². The number of benzene rings is 1. The summed E-state index contributed by atoms with van der Waals surface area (Å²) in [4.78, 5) is 21.8. The molecular weight excluding hydrogens is 258 g/mol. The molecule has 0 fully saturated rings. The summed E-state index contributed by atoms with van der Waals surface area (Å²) in [6.07, 6.45) is 0.341. The van der Waals surface area contributed by atoms with Crippen LogP contribution in [0.2, 0.25) is 0 Å². The van der Waals surface area contributed by atoms with Gasteiger partial charge in [0, 0.05) is 23.7 Å². The molecule has 1 rings (SSSR count). The molecule has 18 heavy (non-hydrogen) atoms. The highest BCUT2D eigenvalue weighted by Gasteiger charge is 2.27. The van der Waals surface area contributed by atoms with E-state index in [0.29, 0.717) is 12.1 Å². The van der Waals surface area contributed by atoms with Crippen molar-refractivity contribution in [3.63, 3.8) is 0 Å². The maximum absolute atomic E-state index is 11.8. The standard InChI is InChI=1S/C11H14ClN3O3/c1-11(13,6-7-12)10(16)14-8-2-4-9(5-3-8)15(17)18/h2-5H,6-7,13H2,1H3,(H,14,16)/t11-/m1/s1. The summed E-state index contributed by atoms with van der Waals surface area (Å²) in [6, 6.07) is 5.52. The van der Waals surface area contributed by atoms with E-state index in [1.807, 2.05) is 0 Å². The first-order valence-corrected chi connectivity index (χ1v) is 5.81. The third-order valence-corrected chi connectivity index (χ3v) is 2.66. The van der Waals surface area contributed by atoms with E-state index in [9.17, 15) is 14.9 Å². The van der Waals surface area contributed by atoms with Crippen LogP contribution in [-0.2, 0) is 4.79 Å². The van der Waals surface area contributed by atoms with Crippen molar-refractivity contribution in [2.45, 2.75) is 18.9 Å². The first-order valence-electron chi connectivity index (χ1n) is 5.27. The summed E-state index contributed by atoms with van der Waals surface area (Å²) in [7, 11) is 0. The highest BCUT2D eigenvalue weighted by atomic mass is 35.5. The van der Waals surface area contributed by atoms with Gasteiger partial charge in [0.05, 0.1) is 10.5 Å². The quantitative estimate of drug-likeness (QED) is 0.485. The van der Waals surface area contributed by atoms with Crippen LogP contribution in [0, 0.1) is 10.1 Å². The Balaban J connectivity index is 2.73. The molecule has 1 amide bonds. The van der Waals surface area contributed by atoms with Gasteiger partial charge in [0.2, 0.25) is 5.91 Å². The maximum atomic E-state index is 11.8. The van der Waals surface area contributed by atoms with Crippen molar-refractivity contribution in [2.24, 2.45) is 5.73 Å². The Morgan fingerprint density at radius 1 is 1.50 bits per heavy atom. The fraction of sp³-hybridized carbons (Fsp3) is 0.364. The average molecular weight is 272 g/mol. The van der Waals surface area contributed by atoms with E-state index in [1.54, 1.807) is 6.92 Å². The number of anilines is 1. The molecule has 3 N–H and O–H groups in total. The molecule has 0 aliphatic rings. The second-order valence-corrected chi connectivity index (χ2v) is 4.49. The van der Waals surface area contributed by atoms with Crippen molar-refractivity contribution >= 4 is 28.9 Å². The minimum Gasteiger partial charge on any atom is -0.324 e. The lowest BCUT2D eigenvalue weighted by Crippen LogP contribution is -2.48. The second-order valence-electron chi connectivity index (χ2n) is 4.11. The lowest BCUT2D eigenvalue weighted by Gasteiger charge is -2.22. The van der Waals surface area contributed by atoms with Gasteiger partial charge in [-0.25, -0.2) is 0 Å². The highest BCUT2D eigenvalue weighted by Crippen LogP contribution is 2.17. The third kappa shape index (κ3) is 3.68. The number of carbonyl (C=O) groups excluding carboxylic acids is 1. The van der Waals surface area contributed by atoms with Gasteiger partial charge in [-0.3, -0.25) is 14.9 Å². The Kier molecular flexibility index (Phi) is 4.63. The molecule has 0 aliphatic heterocycles. The summed E-state index contributed by atoms with van der Waals surface area (Å²) in [5.74, 6) is -0.0993. The van der Waals surface area contributed by atoms with Crippen molar-refractivity contribution in [3.05, 3.63) is 34.4 Å². The number of rotatable bonds is 5. The van der Waals surface area contributed by atoms with E-state index in [-0.39, 0.29) is 17.5 Å². The van der Waals surface area contributed by atoms with Crippen LogP contribution in [0.5, 0.6) is 0 Å². The Labute approximate surface area is 109 Å². The molecule has 6 nitrogen and oxygen atoms in total. The van der Waals surface area contributed by atoms with Crippen LogP contribution < -0.4 is 11.1 Å². The minimum absolute atomic E-state index is 0.0377. The van der Waals surface area contributed by atoms with Crippen LogP contribution in [0.15, 0.2) is 24.3 Å². The molecule has 0 saturated carbocycles. The molecule has 0 heterocycles. The van der Waals surface area contributed by atoms with Crippen molar-refractivity contribution in [1.29, 1.82) is 0 Å². The number of amides is 1. The molecule has 0 radical (unpaired) electrons. The number of nitrogens with two attached hydrogens (primary N) is 1. The predicted molar refractivity (Wildman–Crippen MR) is 69.7 cm³/mol. The fourth-order valence-corrected chi connectivity index (χ4v) is 1.64. The number of nitrogens with one attached hydrogen (secondary N) is 1. The predicted octanol–water partition coefficient (Wildman–Crippen LogP) is 1.88. The number of hydrogen-bond donors (Lipinski definition) is 2. The summed E-state index contributed by atoms with van der Waals surface area (Å²) in [5, 5.41) is 13.1. The Morgan fingerprint density at radius 3 is 2.50 bits per heavy atom. The van der Waals surface area contributed by atoms with Crippen molar-refractivity contribution < 1.29 is 9.72 Å². The zero-order chi connectivity index (χ0) is 13.8. The molecule has 0 saturated heterocycles. The van der Waals surface area contributed by atoms with Crippen LogP contribution in [-0.4, -0.2) is 22.2 Å². The molecule has 0 unspecified atom stereocenters. The number of nitro groups is 1. The highest BCUT2D eigenvalue weighted by molar-refractivity contribution is 6.18. The summed E-state index contributed by atoms with van der Waals surface area (Å²) in [5.41, 5.74) is 5.14. The number of hydrogen-bond acceptors (Lipinski definition) is 4. The van der Waals surface area contributed by atoms with E-state index < -0.39 is 10.5 Å². The SMILES string of the molecule is C[C@@](N)(CCCl)C(=O)Nc1ccc([N+](=O)[O-])cc1. The molecule has 0 spiro atoms. The van der Waals surface area contributed by atoms with Crippen molar-refractivity contribution in [3.8, 4) is 0 Å². The van der Waals surface area contributed by atoms with Gasteiger partial charge in [-0.15, -0.1) is 11.6 Å². The van der Waals surface area contributed by atoms with E-state index >= 15 is 0 Å². The topological polar surface area (TPSA) is 98.3 Å². The van der Waals surface area contributed by atoms with Crippen LogP contribution in [0.3, 0.4) is 0 Å². The molecule has 1 atom stereocenters. The van der Waals surface area contributed by atoms with Crippen LogP contribution in [0.1, 0.15) is 13.3 Å². The molecule has 1 aromatic carbocycles. The zero-order valence-electron chi connectivity index (χ0n) is 9.85. The van der Waals surface area contributed by atoms with Crippen LogP contribution >= 0.6 is 11.6 Å². The molecule has 0 bridgehead atoms. The van der Waals surface area contributed by atoms with Crippen molar-refractivity contribution in [1.82, 2.24) is 0 Å². The van der Waals surface area contributed by atoms with Gasteiger partial charge in [0.15, 0.2) is 0 Å². The first-order chi connectivity index (χ1) is 8.36. The van der Waals surface area contributed by atoms with E-state index in [4.69, 9.17) is 17.3 Å². The van der Waals surface area contributed by atoms with Gasteiger partial charge in [-0.1, -0.05) is 0 Å². The van der Waals surface area contributed by atoms with Gasteiger partial charge < -0.3 is 11.1 Å². The second kappa shape index (κ2) is 5.79. The first kappa shape index (κ1) is 14.4. The van der Waals surface area contributed by atoms with Crippen molar-refractivity contribution in [2.75, 3.05) is 11.2 Å². The maximum Gasteiger partial charge on any atom is 0.269 e. The lowest BCUT2D eigenvalue weighted by molar-refractivity contribution is -0.384. The van der Waals surface area contributed by atoms with E-state index in [0.717, 1.165) is 0 Å². The number of alkyl halides is 1. The normalized spacial score (nSPS) is 13.7. The number of nitrogens with zero attached hydrogens (tertiary/aromatic N) is 1. The van der Waals surface area contributed by atoms with Gasteiger partial charge in [0.25, 0.3) is 5.69 Å². The number of non-ortho nitro benzene ring substituents is 1. The number of nitro benzene ring substituents is 1. The Hall–Kier alpha value is -1.66. The molecule has 0 aromatic heterocycles. The Bertz CT molecular complexity index is 445. The molecule has 0 aliphatic carbocycles. The lowest BCUT2D eigenvalue weighted by atomic mass is 9.99. The smallest absolute Gasteiger partial charge is 0.269 e. The number of carbonyl (C=O) groups is 1.